The number of carbonyl (C=O) groups is 2. The number of carbonyl (C=O) groups excluding carboxylic acids is 2. The maximum Gasteiger partial charge on any atom is 0.325 e. The zero-order valence-corrected chi connectivity index (χ0v) is 12.3. The van der Waals surface area contributed by atoms with E-state index in [9.17, 15) is 14.0 Å². The van der Waals surface area contributed by atoms with Crippen molar-refractivity contribution in [1.82, 2.24) is 5.32 Å². The van der Waals surface area contributed by atoms with Gasteiger partial charge < -0.3 is 10.1 Å². The van der Waals surface area contributed by atoms with E-state index in [4.69, 9.17) is 16.3 Å². The SMILES string of the molecule is O=C(CNC(=O)c1ccc(Cl)cc1)OCc1cccc(F)c1. The maximum atomic E-state index is 13.0. The zero-order chi connectivity index (χ0) is 15.9. The van der Waals surface area contributed by atoms with Gasteiger partial charge in [-0.05, 0) is 42.0 Å². The molecule has 0 aliphatic carbocycles. The second kappa shape index (κ2) is 7.56. The summed E-state index contributed by atoms with van der Waals surface area (Å²) in [6.07, 6.45) is 0. The fourth-order valence-corrected chi connectivity index (χ4v) is 1.82. The van der Waals surface area contributed by atoms with E-state index in [0.29, 0.717) is 16.1 Å². The average Bonchev–Trinajstić information content (AvgIpc) is 2.51. The molecule has 0 radical (unpaired) electrons. The fraction of sp³-hybridized carbons (Fsp3) is 0.125. The first kappa shape index (κ1) is 16.0. The van der Waals surface area contributed by atoms with Crippen LogP contribution in [0, 0.1) is 5.82 Å². The molecule has 6 heteroatoms. The van der Waals surface area contributed by atoms with Crippen LogP contribution < -0.4 is 5.32 Å². The second-order valence-corrected chi connectivity index (χ2v) is 4.92. The Labute approximate surface area is 131 Å². The van der Waals surface area contributed by atoms with Gasteiger partial charge in [-0.1, -0.05) is 23.7 Å². The first-order valence-electron chi connectivity index (χ1n) is 6.48. The van der Waals surface area contributed by atoms with Gasteiger partial charge in [0, 0.05) is 10.6 Å². The molecule has 0 heterocycles. The number of ether oxygens (including phenoxy) is 1. The van der Waals surface area contributed by atoms with E-state index in [0.717, 1.165) is 0 Å². The molecule has 2 aromatic rings. The van der Waals surface area contributed by atoms with Crippen molar-refractivity contribution in [3.8, 4) is 0 Å². The molecule has 2 aromatic carbocycles. The zero-order valence-electron chi connectivity index (χ0n) is 11.5. The number of hydrogen-bond acceptors (Lipinski definition) is 3. The molecule has 0 spiro atoms. The molecule has 0 aliphatic heterocycles. The van der Waals surface area contributed by atoms with Gasteiger partial charge in [-0.2, -0.15) is 0 Å². The lowest BCUT2D eigenvalue weighted by Gasteiger charge is -2.07. The van der Waals surface area contributed by atoms with Gasteiger partial charge in [0.15, 0.2) is 0 Å². The predicted molar refractivity (Wildman–Crippen MR) is 80.0 cm³/mol. The number of hydrogen-bond donors (Lipinski definition) is 1. The van der Waals surface area contributed by atoms with Crippen LogP contribution in [0.3, 0.4) is 0 Å². The van der Waals surface area contributed by atoms with Crippen LogP contribution in [-0.4, -0.2) is 18.4 Å². The Balaban J connectivity index is 1.78. The van der Waals surface area contributed by atoms with Gasteiger partial charge in [-0.25, -0.2) is 4.39 Å². The lowest BCUT2D eigenvalue weighted by atomic mass is 10.2. The van der Waals surface area contributed by atoms with Crippen LogP contribution in [0.4, 0.5) is 4.39 Å². The van der Waals surface area contributed by atoms with E-state index in [1.54, 1.807) is 30.3 Å². The number of halogens is 2. The van der Waals surface area contributed by atoms with Crippen LogP contribution in [0.25, 0.3) is 0 Å². The molecule has 0 saturated carbocycles. The van der Waals surface area contributed by atoms with E-state index in [1.165, 1.54) is 18.2 Å². The molecule has 4 nitrogen and oxygen atoms in total. The minimum absolute atomic E-state index is 0.0482. The molecule has 0 fully saturated rings. The second-order valence-electron chi connectivity index (χ2n) is 4.48. The summed E-state index contributed by atoms with van der Waals surface area (Å²) in [7, 11) is 0. The van der Waals surface area contributed by atoms with Gasteiger partial charge in [0.05, 0.1) is 0 Å². The maximum absolute atomic E-state index is 13.0. The number of benzene rings is 2. The summed E-state index contributed by atoms with van der Waals surface area (Å²) in [4.78, 5) is 23.3. The highest BCUT2D eigenvalue weighted by atomic mass is 35.5. The molecular formula is C16H13ClFNO3. The average molecular weight is 322 g/mol. The van der Waals surface area contributed by atoms with Crippen LogP contribution in [0.5, 0.6) is 0 Å². The molecule has 0 atom stereocenters. The van der Waals surface area contributed by atoms with Gasteiger partial charge in [-0.3, -0.25) is 9.59 Å². The van der Waals surface area contributed by atoms with Gasteiger partial charge in [-0.15, -0.1) is 0 Å². The van der Waals surface area contributed by atoms with Crippen molar-refractivity contribution < 1.29 is 18.7 Å². The van der Waals surface area contributed by atoms with Crippen molar-refractivity contribution in [3.05, 3.63) is 70.5 Å². The number of nitrogens with one attached hydrogen (secondary N) is 1. The Bertz CT molecular complexity index is 673. The largest absolute Gasteiger partial charge is 0.460 e. The molecular weight excluding hydrogens is 309 g/mol. The number of rotatable bonds is 5. The molecule has 0 bridgehead atoms. The van der Waals surface area contributed by atoms with Crippen molar-refractivity contribution in [2.24, 2.45) is 0 Å². The van der Waals surface area contributed by atoms with E-state index in [1.807, 2.05) is 0 Å². The summed E-state index contributed by atoms with van der Waals surface area (Å²) >= 11 is 5.72. The van der Waals surface area contributed by atoms with E-state index in [2.05, 4.69) is 5.32 Å². The highest BCUT2D eigenvalue weighted by molar-refractivity contribution is 6.30. The third-order valence-corrected chi connectivity index (χ3v) is 3.04. The van der Waals surface area contributed by atoms with Crippen LogP contribution in [0.1, 0.15) is 15.9 Å². The van der Waals surface area contributed by atoms with Gasteiger partial charge in [0.25, 0.3) is 5.91 Å². The van der Waals surface area contributed by atoms with Crippen LogP contribution in [0.2, 0.25) is 5.02 Å². The first-order chi connectivity index (χ1) is 10.5. The van der Waals surface area contributed by atoms with Crippen molar-refractivity contribution in [2.75, 3.05) is 6.54 Å². The third-order valence-electron chi connectivity index (χ3n) is 2.79. The Hall–Kier alpha value is -2.40. The van der Waals surface area contributed by atoms with E-state index in [-0.39, 0.29) is 13.2 Å². The Kier molecular flexibility index (Phi) is 5.49. The van der Waals surface area contributed by atoms with Gasteiger partial charge in [0.2, 0.25) is 0 Å². The van der Waals surface area contributed by atoms with Crippen molar-refractivity contribution in [2.45, 2.75) is 6.61 Å². The minimum Gasteiger partial charge on any atom is -0.460 e. The number of esters is 1. The molecule has 0 aromatic heterocycles. The summed E-state index contributed by atoms with van der Waals surface area (Å²) in [6, 6.07) is 12.0. The summed E-state index contributed by atoms with van der Waals surface area (Å²) in [6.45, 7) is -0.315. The van der Waals surface area contributed by atoms with E-state index < -0.39 is 17.7 Å². The lowest BCUT2D eigenvalue weighted by molar-refractivity contribution is -0.143. The Morgan fingerprint density at radius 3 is 2.55 bits per heavy atom. The van der Waals surface area contributed by atoms with Crippen molar-refractivity contribution >= 4 is 23.5 Å². The minimum atomic E-state index is -0.605. The number of amides is 1. The van der Waals surface area contributed by atoms with Gasteiger partial charge >= 0.3 is 5.97 Å². The quantitative estimate of drug-likeness (QED) is 0.861. The normalized spacial score (nSPS) is 10.1. The summed E-state index contributed by atoms with van der Waals surface area (Å²) in [5.41, 5.74) is 0.930. The topological polar surface area (TPSA) is 55.4 Å². The standard InChI is InChI=1S/C16H13ClFNO3/c17-13-6-4-12(5-7-13)16(21)19-9-15(20)22-10-11-2-1-3-14(18)8-11/h1-8H,9-10H2,(H,19,21). The fourth-order valence-electron chi connectivity index (χ4n) is 1.70. The summed E-state index contributed by atoms with van der Waals surface area (Å²) in [5, 5.41) is 2.95. The van der Waals surface area contributed by atoms with Gasteiger partial charge in [0.1, 0.15) is 19.0 Å². The highest BCUT2D eigenvalue weighted by Crippen LogP contribution is 2.09. The summed E-state index contributed by atoms with van der Waals surface area (Å²) < 4.78 is 17.9. The molecule has 114 valence electrons. The van der Waals surface area contributed by atoms with Crippen LogP contribution in [-0.2, 0) is 16.1 Å². The van der Waals surface area contributed by atoms with Crippen LogP contribution in [0.15, 0.2) is 48.5 Å². The smallest absolute Gasteiger partial charge is 0.325 e. The molecule has 2 rings (SSSR count). The molecule has 0 unspecified atom stereocenters. The monoisotopic (exact) mass is 321 g/mol. The molecule has 0 aliphatic rings. The molecule has 1 amide bonds. The van der Waals surface area contributed by atoms with Crippen molar-refractivity contribution in [1.29, 1.82) is 0 Å². The predicted octanol–water partition coefficient (Wildman–Crippen LogP) is 2.95. The Morgan fingerprint density at radius 1 is 1.14 bits per heavy atom. The first-order valence-corrected chi connectivity index (χ1v) is 6.86. The lowest BCUT2D eigenvalue weighted by Crippen LogP contribution is -2.30. The van der Waals surface area contributed by atoms with Crippen molar-refractivity contribution in [3.63, 3.8) is 0 Å². The third kappa shape index (κ3) is 4.86. The molecule has 0 saturated heterocycles. The molecule has 22 heavy (non-hydrogen) atoms. The van der Waals surface area contributed by atoms with E-state index >= 15 is 0 Å². The molecule has 1 N–H and O–H groups in total. The highest BCUT2D eigenvalue weighted by Gasteiger charge is 2.09. The Morgan fingerprint density at radius 2 is 1.86 bits per heavy atom. The van der Waals surface area contributed by atoms with Crippen LogP contribution >= 0.6 is 11.6 Å². The summed E-state index contributed by atoms with van der Waals surface area (Å²) in [5.74, 6) is -1.41.